The van der Waals surface area contributed by atoms with E-state index in [4.69, 9.17) is 14.2 Å². The van der Waals surface area contributed by atoms with Gasteiger partial charge in [-0.25, -0.2) is 18.8 Å². The number of benzene rings is 2. The molecule has 0 N–H and O–H groups in total. The lowest BCUT2D eigenvalue weighted by Gasteiger charge is -2.22. The fraction of sp³-hybridized carbons (Fsp3) is 0.250. The van der Waals surface area contributed by atoms with Crippen LogP contribution in [0.3, 0.4) is 0 Å². The SMILES string of the molecule is C[C@]1(F)C(=O)OC(OC(=O)c2ccccc2)[C@H]1COC(=O)c1ccccc1. The Balaban J connectivity index is 1.70. The van der Waals surface area contributed by atoms with E-state index in [1.165, 1.54) is 12.1 Å². The predicted molar refractivity (Wildman–Crippen MR) is 91.5 cm³/mol. The molecule has 1 aliphatic rings. The van der Waals surface area contributed by atoms with Gasteiger partial charge in [0.1, 0.15) is 12.5 Å². The molecule has 0 saturated carbocycles. The minimum atomic E-state index is -2.46. The monoisotopic (exact) mass is 372 g/mol. The Morgan fingerprint density at radius 1 is 1.00 bits per heavy atom. The van der Waals surface area contributed by atoms with Gasteiger partial charge < -0.3 is 14.2 Å². The van der Waals surface area contributed by atoms with Crippen LogP contribution in [0.15, 0.2) is 60.7 Å². The van der Waals surface area contributed by atoms with Crippen LogP contribution >= 0.6 is 0 Å². The van der Waals surface area contributed by atoms with Crippen molar-refractivity contribution >= 4 is 17.9 Å². The third-order valence-electron chi connectivity index (χ3n) is 4.28. The van der Waals surface area contributed by atoms with Gasteiger partial charge in [-0.3, -0.25) is 0 Å². The molecular weight excluding hydrogens is 355 g/mol. The maximum absolute atomic E-state index is 14.8. The Kier molecular flexibility index (Phi) is 5.21. The van der Waals surface area contributed by atoms with E-state index in [0.717, 1.165) is 6.92 Å². The molecule has 140 valence electrons. The van der Waals surface area contributed by atoms with E-state index in [2.05, 4.69) is 0 Å². The van der Waals surface area contributed by atoms with E-state index in [0.29, 0.717) is 0 Å². The lowest BCUT2D eigenvalue weighted by atomic mass is 9.94. The molecule has 2 aromatic rings. The normalized spacial score (nSPS) is 24.1. The van der Waals surface area contributed by atoms with Crippen molar-refractivity contribution in [3.8, 4) is 0 Å². The van der Waals surface area contributed by atoms with Crippen LogP contribution in [0, 0.1) is 5.92 Å². The molecule has 1 fully saturated rings. The van der Waals surface area contributed by atoms with E-state index in [1.54, 1.807) is 48.5 Å². The summed E-state index contributed by atoms with van der Waals surface area (Å²) in [5.41, 5.74) is -1.96. The molecule has 6 nitrogen and oxygen atoms in total. The summed E-state index contributed by atoms with van der Waals surface area (Å²) in [6, 6.07) is 16.1. The first kappa shape index (κ1) is 18.6. The van der Waals surface area contributed by atoms with Crippen molar-refractivity contribution in [2.24, 2.45) is 5.92 Å². The number of carbonyl (C=O) groups excluding carboxylic acids is 3. The Labute approximate surface area is 154 Å². The number of ether oxygens (including phenoxy) is 3. The fourth-order valence-electron chi connectivity index (χ4n) is 2.62. The average molecular weight is 372 g/mol. The van der Waals surface area contributed by atoms with Gasteiger partial charge in [0.15, 0.2) is 0 Å². The molecule has 1 saturated heterocycles. The Bertz CT molecular complexity index is 834. The van der Waals surface area contributed by atoms with Gasteiger partial charge in [0.25, 0.3) is 6.29 Å². The molecule has 0 amide bonds. The lowest BCUT2D eigenvalue weighted by Crippen LogP contribution is -2.39. The van der Waals surface area contributed by atoms with Gasteiger partial charge in [0, 0.05) is 0 Å². The van der Waals surface area contributed by atoms with Gasteiger partial charge in [-0.2, -0.15) is 0 Å². The summed E-state index contributed by atoms with van der Waals surface area (Å²) in [5, 5.41) is 0. The van der Waals surface area contributed by atoms with Crippen LogP contribution in [0.25, 0.3) is 0 Å². The Morgan fingerprint density at radius 3 is 2.07 bits per heavy atom. The van der Waals surface area contributed by atoms with Crippen molar-refractivity contribution < 1.29 is 33.0 Å². The molecule has 7 heteroatoms. The third kappa shape index (κ3) is 3.97. The van der Waals surface area contributed by atoms with Gasteiger partial charge >= 0.3 is 17.9 Å². The Morgan fingerprint density at radius 2 is 1.52 bits per heavy atom. The Hall–Kier alpha value is -3.22. The molecular formula is C20H17FO6. The number of hydrogen-bond acceptors (Lipinski definition) is 6. The van der Waals surface area contributed by atoms with Crippen LogP contribution in [0.5, 0.6) is 0 Å². The van der Waals surface area contributed by atoms with Crippen LogP contribution in [0.2, 0.25) is 0 Å². The molecule has 0 bridgehead atoms. The summed E-state index contributed by atoms with van der Waals surface area (Å²) in [5.74, 6) is -3.91. The second-order valence-electron chi connectivity index (χ2n) is 6.19. The van der Waals surface area contributed by atoms with Crippen molar-refractivity contribution in [2.75, 3.05) is 6.61 Å². The maximum atomic E-state index is 14.8. The van der Waals surface area contributed by atoms with Crippen LogP contribution in [0.1, 0.15) is 27.6 Å². The molecule has 0 aromatic heterocycles. The van der Waals surface area contributed by atoms with Crippen molar-refractivity contribution in [3.05, 3.63) is 71.8 Å². The summed E-state index contributed by atoms with van der Waals surface area (Å²) in [6.07, 6.45) is -1.50. The van der Waals surface area contributed by atoms with Crippen molar-refractivity contribution in [3.63, 3.8) is 0 Å². The molecule has 2 aromatic carbocycles. The van der Waals surface area contributed by atoms with E-state index < -0.39 is 42.4 Å². The summed E-state index contributed by atoms with van der Waals surface area (Å²) in [6.45, 7) is 0.520. The van der Waals surface area contributed by atoms with Crippen molar-refractivity contribution in [2.45, 2.75) is 18.9 Å². The minimum absolute atomic E-state index is 0.223. The highest BCUT2D eigenvalue weighted by atomic mass is 19.1. The molecule has 27 heavy (non-hydrogen) atoms. The molecule has 0 aliphatic carbocycles. The van der Waals surface area contributed by atoms with Crippen LogP contribution in [-0.2, 0) is 19.0 Å². The molecule has 1 aliphatic heterocycles. The first-order valence-corrected chi connectivity index (χ1v) is 8.28. The summed E-state index contributed by atoms with van der Waals surface area (Å²) in [4.78, 5) is 36.1. The first-order valence-electron chi connectivity index (χ1n) is 8.28. The van der Waals surface area contributed by atoms with Gasteiger partial charge in [0.05, 0.1) is 11.1 Å². The first-order chi connectivity index (χ1) is 12.9. The highest BCUT2D eigenvalue weighted by molar-refractivity contribution is 5.90. The second-order valence-corrected chi connectivity index (χ2v) is 6.19. The number of halogens is 1. The van der Waals surface area contributed by atoms with Gasteiger partial charge in [-0.05, 0) is 31.2 Å². The van der Waals surface area contributed by atoms with E-state index in [1.807, 2.05) is 0 Å². The van der Waals surface area contributed by atoms with Gasteiger partial charge in [-0.15, -0.1) is 0 Å². The number of hydrogen-bond donors (Lipinski definition) is 0. The van der Waals surface area contributed by atoms with E-state index in [9.17, 15) is 18.8 Å². The zero-order chi connectivity index (χ0) is 19.4. The van der Waals surface area contributed by atoms with Gasteiger partial charge in [-0.1, -0.05) is 36.4 Å². The molecule has 1 heterocycles. The highest BCUT2D eigenvalue weighted by Crippen LogP contribution is 2.36. The van der Waals surface area contributed by atoms with E-state index >= 15 is 0 Å². The topological polar surface area (TPSA) is 78.9 Å². The van der Waals surface area contributed by atoms with E-state index in [-0.39, 0.29) is 11.1 Å². The summed E-state index contributed by atoms with van der Waals surface area (Å²) < 4.78 is 29.9. The smallest absolute Gasteiger partial charge is 0.347 e. The standard InChI is InChI=1S/C20H17FO6/c1-20(21)15(12-25-16(22)13-8-4-2-5-9-13)18(27-19(20)24)26-17(23)14-10-6-3-7-11-14/h2-11,15,18H,12H2,1H3/t15-,18?,20-/m1/s1. The average Bonchev–Trinajstić information content (AvgIpc) is 2.89. The molecule has 3 atom stereocenters. The van der Waals surface area contributed by atoms with Crippen LogP contribution < -0.4 is 0 Å². The number of rotatable bonds is 5. The molecule has 0 radical (unpaired) electrons. The second kappa shape index (κ2) is 7.57. The quantitative estimate of drug-likeness (QED) is 0.751. The highest BCUT2D eigenvalue weighted by Gasteiger charge is 2.57. The number of cyclic esters (lactones) is 1. The summed E-state index contributed by atoms with van der Waals surface area (Å²) >= 11 is 0. The molecule has 1 unspecified atom stereocenters. The summed E-state index contributed by atoms with van der Waals surface area (Å²) in [7, 11) is 0. The minimum Gasteiger partial charge on any atom is -0.461 e. The largest absolute Gasteiger partial charge is 0.461 e. The zero-order valence-corrected chi connectivity index (χ0v) is 14.5. The molecule has 3 rings (SSSR count). The number of alkyl halides is 1. The fourth-order valence-corrected chi connectivity index (χ4v) is 2.62. The van der Waals surface area contributed by atoms with Crippen LogP contribution in [-0.4, -0.2) is 36.5 Å². The lowest BCUT2D eigenvalue weighted by molar-refractivity contribution is -0.160. The molecule has 0 spiro atoms. The number of esters is 3. The third-order valence-corrected chi connectivity index (χ3v) is 4.28. The zero-order valence-electron chi connectivity index (χ0n) is 14.5. The van der Waals surface area contributed by atoms with Crippen molar-refractivity contribution in [1.29, 1.82) is 0 Å². The number of carbonyl (C=O) groups is 3. The predicted octanol–water partition coefficient (Wildman–Crippen LogP) is 2.93. The van der Waals surface area contributed by atoms with Crippen LogP contribution in [0.4, 0.5) is 4.39 Å². The maximum Gasteiger partial charge on any atom is 0.347 e. The van der Waals surface area contributed by atoms with Gasteiger partial charge in [0.2, 0.25) is 5.67 Å². The van der Waals surface area contributed by atoms with Crippen molar-refractivity contribution in [1.82, 2.24) is 0 Å².